The summed E-state index contributed by atoms with van der Waals surface area (Å²) in [7, 11) is -4.13. The highest BCUT2D eigenvalue weighted by molar-refractivity contribution is 7.85. The van der Waals surface area contributed by atoms with Gasteiger partial charge < -0.3 is 10.9 Å². The van der Waals surface area contributed by atoms with E-state index in [9.17, 15) is 8.42 Å². The van der Waals surface area contributed by atoms with Crippen LogP contribution in [0.15, 0.2) is 40.4 Å². The van der Waals surface area contributed by atoms with E-state index >= 15 is 0 Å². The van der Waals surface area contributed by atoms with Crippen LogP contribution in [0.1, 0.15) is 32.1 Å². The average Bonchev–Trinajstić information content (AvgIpc) is 2.45. The Morgan fingerprint density at radius 1 is 0.955 bits per heavy atom. The van der Waals surface area contributed by atoms with Crippen molar-refractivity contribution in [3.8, 4) is 0 Å². The molecule has 0 radical (unpaired) electrons. The second-order valence-corrected chi connectivity index (χ2v) is 8.23. The second kappa shape index (κ2) is 4.99. The van der Waals surface area contributed by atoms with Crippen molar-refractivity contribution in [3.05, 3.63) is 35.5 Å². The van der Waals surface area contributed by atoms with Gasteiger partial charge in [0.2, 0.25) is 0 Å². The molecular formula is C16H20N2O3S. The minimum Gasteiger partial charge on any atom is -0.305 e. The third-order valence-electron chi connectivity index (χ3n) is 5.26. The average molecular weight is 320 g/mol. The Kier molecular flexibility index (Phi) is 3.20. The molecule has 6 heteroatoms. The standard InChI is InChI=1S/C16H20N2O3S/c19-22(20,21)15-3-1-14(2-4-15)17-18-16-12-6-10-5-11(8-12)9-13(16)7-10/h1-4,10-12,17-18H,5-9H2,(H,19,20,21)/t10-,11+,12?. The van der Waals surface area contributed by atoms with Crippen LogP contribution >= 0.6 is 0 Å². The topological polar surface area (TPSA) is 78.4 Å². The van der Waals surface area contributed by atoms with Crippen molar-refractivity contribution in [1.29, 1.82) is 0 Å². The molecule has 4 aliphatic rings. The van der Waals surface area contributed by atoms with Crippen LogP contribution in [0.2, 0.25) is 0 Å². The third-order valence-corrected chi connectivity index (χ3v) is 6.12. The van der Waals surface area contributed by atoms with Crippen LogP contribution in [0.5, 0.6) is 0 Å². The highest BCUT2D eigenvalue weighted by Crippen LogP contribution is 2.52. The van der Waals surface area contributed by atoms with E-state index in [0.717, 1.165) is 17.5 Å². The zero-order valence-electron chi connectivity index (χ0n) is 12.2. The van der Waals surface area contributed by atoms with Gasteiger partial charge in [0.1, 0.15) is 0 Å². The maximum atomic E-state index is 11.0. The molecule has 22 heavy (non-hydrogen) atoms. The monoisotopic (exact) mass is 320 g/mol. The Labute approximate surface area is 130 Å². The Balaban J connectivity index is 1.47. The molecule has 2 fully saturated rings. The summed E-state index contributed by atoms with van der Waals surface area (Å²) in [5.74, 6) is 2.45. The fraction of sp³-hybridized carbons (Fsp3) is 0.500. The van der Waals surface area contributed by atoms with E-state index in [1.807, 2.05) is 0 Å². The first kappa shape index (κ1) is 14.1. The molecular weight excluding hydrogens is 300 g/mol. The van der Waals surface area contributed by atoms with Gasteiger partial charge >= 0.3 is 0 Å². The van der Waals surface area contributed by atoms with Gasteiger partial charge in [-0.3, -0.25) is 4.55 Å². The number of nitrogens with one attached hydrogen (secondary N) is 2. The van der Waals surface area contributed by atoms with Crippen molar-refractivity contribution < 1.29 is 13.0 Å². The predicted octanol–water partition coefficient (Wildman–Crippen LogP) is 2.94. The lowest BCUT2D eigenvalue weighted by molar-refractivity contribution is 0.152. The number of hydrogen-bond donors (Lipinski definition) is 3. The summed E-state index contributed by atoms with van der Waals surface area (Å²) in [5, 5.41) is 0. The number of hydrogen-bond acceptors (Lipinski definition) is 4. The van der Waals surface area contributed by atoms with Crippen molar-refractivity contribution in [2.75, 3.05) is 5.43 Å². The molecule has 0 aromatic heterocycles. The van der Waals surface area contributed by atoms with E-state index in [0.29, 0.717) is 5.92 Å². The van der Waals surface area contributed by atoms with E-state index in [2.05, 4.69) is 10.9 Å². The lowest BCUT2D eigenvalue weighted by Gasteiger charge is -2.47. The highest BCUT2D eigenvalue weighted by atomic mass is 32.2. The minimum atomic E-state index is -4.13. The molecule has 0 spiro atoms. The SMILES string of the molecule is O=S(=O)(O)c1ccc(NNC2=C3C[C@@H]4CC2C[C@H](C3)C4)cc1. The first-order valence-electron chi connectivity index (χ1n) is 7.80. The summed E-state index contributed by atoms with van der Waals surface area (Å²) < 4.78 is 31.0. The molecule has 0 heterocycles. The molecule has 0 saturated heterocycles. The van der Waals surface area contributed by atoms with Crippen LogP contribution in [0.4, 0.5) is 5.69 Å². The maximum Gasteiger partial charge on any atom is 0.294 e. The van der Waals surface area contributed by atoms with E-state index in [1.165, 1.54) is 49.9 Å². The van der Waals surface area contributed by atoms with Crippen LogP contribution in [0, 0.1) is 17.8 Å². The van der Waals surface area contributed by atoms with E-state index < -0.39 is 10.1 Å². The fourth-order valence-corrected chi connectivity index (χ4v) is 4.94. The van der Waals surface area contributed by atoms with E-state index in [-0.39, 0.29) is 4.90 Å². The Hall–Kier alpha value is -1.53. The number of allylic oxidation sites excluding steroid dienone is 2. The molecule has 4 bridgehead atoms. The molecule has 1 aromatic rings. The lowest BCUT2D eigenvalue weighted by Crippen LogP contribution is -2.40. The molecule has 5 nitrogen and oxygen atoms in total. The first-order valence-corrected chi connectivity index (χ1v) is 9.24. The van der Waals surface area contributed by atoms with Gasteiger partial charge in [0.25, 0.3) is 10.1 Å². The van der Waals surface area contributed by atoms with Gasteiger partial charge in [0.05, 0.1) is 10.6 Å². The number of anilines is 1. The third kappa shape index (κ3) is 2.50. The Bertz CT molecular complexity index is 708. The second-order valence-electron chi connectivity index (χ2n) is 6.81. The number of benzene rings is 1. The van der Waals surface area contributed by atoms with Crippen LogP contribution in [-0.4, -0.2) is 13.0 Å². The Morgan fingerprint density at radius 2 is 1.59 bits per heavy atom. The summed E-state index contributed by atoms with van der Waals surface area (Å²) in [6.45, 7) is 0. The fourth-order valence-electron chi connectivity index (χ4n) is 4.46. The molecule has 3 atom stereocenters. The summed E-state index contributed by atoms with van der Waals surface area (Å²) in [4.78, 5) is -0.0882. The zero-order valence-corrected chi connectivity index (χ0v) is 13.1. The molecule has 4 aliphatic carbocycles. The van der Waals surface area contributed by atoms with Crippen molar-refractivity contribution in [2.45, 2.75) is 37.0 Å². The molecule has 1 unspecified atom stereocenters. The van der Waals surface area contributed by atoms with Crippen molar-refractivity contribution in [3.63, 3.8) is 0 Å². The molecule has 0 amide bonds. The van der Waals surface area contributed by atoms with Gasteiger partial charge in [0, 0.05) is 11.6 Å². The summed E-state index contributed by atoms with van der Waals surface area (Å²) in [5.41, 5.74) is 10.2. The lowest BCUT2D eigenvalue weighted by atomic mass is 9.60. The smallest absolute Gasteiger partial charge is 0.294 e. The van der Waals surface area contributed by atoms with Crippen molar-refractivity contribution >= 4 is 15.8 Å². The molecule has 5 rings (SSSR count). The number of hydrazine groups is 1. The summed E-state index contributed by atoms with van der Waals surface area (Å²) >= 11 is 0. The van der Waals surface area contributed by atoms with Crippen LogP contribution in [-0.2, 0) is 10.1 Å². The predicted molar refractivity (Wildman–Crippen MR) is 83.6 cm³/mol. The van der Waals surface area contributed by atoms with Gasteiger partial charge in [-0.05, 0) is 73.8 Å². The number of rotatable bonds is 4. The van der Waals surface area contributed by atoms with Crippen LogP contribution < -0.4 is 10.9 Å². The maximum absolute atomic E-state index is 11.0. The Morgan fingerprint density at radius 3 is 2.14 bits per heavy atom. The zero-order chi connectivity index (χ0) is 15.3. The first-order chi connectivity index (χ1) is 10.5. The summed E-state index contributed by atoms with van der Waals surface area (Å²) in [6.07, 6.45) is 6.48. The van der Waals surface area contributed by atoms with Gasteiger partial charge in [0.15, 0.2) is 0 Å². The molecule has 0 aliphatic heterocycles. The summed E-state index contributed by atoms with van der Waals surface area (Å²) in [6, 6.07) is 6.09. The van der Waals surface area contributed by atoms with Gasteiger partial charge in [-0.2, -0.15) is 8.42 Å². The van der Waals surface area contributed by atoms with Gasteiger partial charge in [-0.15, -0.1) is 0 Å². The van der Waals surface area contributed by atoms with Crippen molar-refractivity contribution in [1.82, 2.24) is 5.43 Å². The highest BCUT2D eigenvalue weighted by Gasteiger charge is 2.41. The minimum absolute atomic E-state index is 0.0882. The molecule has 118 valence electrons. The normalized spacial score (nSPS) is 29.8. The molecule has 2 saturated carbocycles. The van der Waals surface area contributed by atoms with E-state index in [1.54, 1.807) is 17.7 Å². The van der Waals surface area contributed by atoms with E-state index in [4.69, 9.17) is 4.55 Å². The van der Waals surface area contributed by atoms with Crippen LogP contribution in [0.25, 0.3) is 0 Å². The van der Waals surface area contributed by atoms with Crippen LogP contribution in [0.3, 0.4) is 0 Å². The van der Waals surface area contributed by atoms with Gasteiger partial charge in [-0.1, -0.05) is 0 Å². The molecule has 1 aromatic carbocycles. The largest absolute Gasteiger partial charge is 0.305 e. The van der Waals surface area contributed by atoms with Crippen molar-refractivity contribution in [2.24, 2.45) is 17.8 Å². The van der Waals surface area contributed by atoms with Gasteiger partial charge in [-0.25, -0.2) is 0 Å². The molecule has 3 N–H and O–H groups in total. The quantitative estimate of drug-likeness (QED) is 0.587.